The highest BCUT2D eigenvalue weighted by Gasteiger charge is 2.30. The van der Waals surface area contributed by atoms with Crippen LogP contribution in [0.5, 0.6) is 0 Å². The van der Waals surface area contributed by atoms with Crippen LogP contribution in [0.4, 0.5) is 24.5 Å². The van der Waals surface area contributed by atoms with E-state index in [0.717, 1.165) is 16.4 Å². The molecule has 5 nitrogen and oxygen atoms in total. The average Bonchev–Trinajstić information content (AvgIpc) is 2.60. The molecule has 0 aromatic heterocycles. The summed E-state index contributed by atoms with van der Waals surface area (Å²) in [6.07, 6.45) is -4.50. The number of sulfonamides is 1. The Morgan fingerprint density at radius 3 is 2.27 bits per heavy atom. The lowest BCUT2D eigenvalue weighted by Crippen LogP contribution is -2.28. The monoisotopic (exact) mass is 386 g/mol. The van der Waals surface area contributed by atoms with E-state index in [4.69, 9.17) is 0 Å². The Labute approximate surface area is 149 Å². The molecule has 26 heavy (non-hydrogen) atoms. The van der Waals surface area contributed by atoms with Crippen molar-refractivity contribution < 1.29 is 26.4 Å². The average molecular weight is 386 g/mol. The summed E-state index contributed by atoms with van der Waals surface area (Å²) < 4.78 is 62.9. The largest absolute Gasteiger partial charge is 0.416 e. The normalized spacial score (nSPS) is 11.9. The van der Waals surface area contributed by atoms with E-state index in [1.807, 2.05) is 0 Å². The molecule has 1 amide bonds. The maximum atomic E-state index is 12.7. The molecule has 0 aliphatic carbocycles. The van der Waals surface area contributed by atoms with E-state index in [0.29, 0.717) is 5.69 Å². The van der Waals surface area contributed by atoms with Gasteiger partial charge in [0.15, 0.2) is 0 Å². The summed E-state index contributed by atoms with van der Waals surface area (Å²) >= 11 is 0. The van der Waals surface area contributed by atoms with E-state index in [1.165, 1.54) is 50.4 Å². The summed E-state index contributed by atoms with van der Waals surface area (Å²) in [4.78, 5) is 12.2. The minimum absolute atomic E-state index is 0.0135. The van der Waals surface area contributed by atoms with Crippen molar-refractivity contribution in [1.82, 2.24) is 0 Å². The molecule has 2 aromatic rings. The van der Waals surface area contributed by atoms with Gasteiger partial charge < -0.3 is 5.32 Å². The quantitative estimate of drug-likeness (QED) is 0.851. The molecule has 0 spiro atoms. The topological polar surface area (TPSA) is 66.5 Å². The standard InChI is InChI=1S/C17H17F3N2O3S/c1-3-26(24,25)22(2)15-9-7-12(8-10-15)16(23)21-14-6-4-5-13(11-14)17(18,19)20/h4-11H,3H2,1-2H3,(H,21,23). The molecular weight excluding hydrogens is 369 g/mol. The first-order valence-corrected chi connectivity index (χ1v) is 9.21. The smallest absolute Gasteiger partial charge is 0.322 e. The summed E-state index contributed by atoms with van der Waals surface area (Å²) in [5.41, 5.74) is -0.285. The molecule has 1 N–H and O–H groups in total. The molecular formula is C17H17F3N2O3S. The van der Waals surface area contributed by atoms with Crippen LogP contribution in [-0.2, 0) is 16.2 Å². The second-order valence-electron chi connectivity index (χ2n) is 5.45. The summed E-state index contributed by atoms with van der Waals surface area (Å²) in [5.74, 6) is -0.668. The molecule has 0 fully saturated rings. The molecule has 0 atom stereocenters. The van der Waals surface area contributed by atoms with Gasteiger partial charge in [0.25, 0.3) is 5.91 Å². The second kappa shape index (κ2) is 7.36. The van der Waals surface area contributed by atoms with Gasteiger partial charge >= 0.3 is 6.18 Å². The van der Waals surface area contributed by atoms with E-state index in [1.54, 1.807) is 0 Å². The lowest BCUT2D eigenvalue weighted by atomic mass is 10.1. The third kappa shape index (κ3) is 4.54. The maximum Gasteiger partial charge on any atom is 0.416 e. The molecule has 0 aliphatic rings. The number of carbonyl (C=O) groups excluding carboxylic acids is 1. The number of nitrogens with one attached hydrogen (secondary N) is 1. The maximum absolute atomic E-state index is 12.7. The Bertz CT molecular complexity index is 894. The van der Waals surface area contributed by atoms with Crippen LogP contribution in [0, 0.1) is 0 Å². The van der Waals surface area contributed by atoms with Gasteiger partial charge in [-0.15, -0.1) is 0 Å². The number of alkyl halides is 3. The minimum Gasteiger partial charge on any atom is -0.322 e. The molecule has 0 bridgehead atoms. The van der Waals surface area contributed by atoms with Gasteiger partial charge in [-0.2, -0.15) is 13.2 Å². The first-order chi connectivity index (χ1) is 12.0. The van der Waals surface area contributed by atoms with Gasteiger partial charge in [0, 0.05) is 18.3 Å². The van der Waals surface area contributed by atoms with Gasteiger partial charge in [0.1, 0.15) is 0 Å². The molecule has 2 rings (SSSR count). The summed E-state index contributed by atoms with van der Waals surface area (Å²) in [5, 5.41) is 2.39. The van der Waals surface area contributed by atoms with Crippen molar-refractivity contribution >= 4 is 27.3 Å². The fourth-order valence-corrected chi connectivity index (χ4v) is 2.98. The van der Waals surface area contributed by atoms with Gasteiger partial charge in [0.05, 0.1) is 17.0 Å². The van der Waals surface area contributed by atoms with Crippen LogP contribution in [0.1, 0.15) is 22.8 Å². The second-order valence-corrected chi connectivity index (χ2v) is 7.74. The van der Waals surface area contributed by atoms with Gasteiger partial charge in [-0.25, -0.2) is 8.42 Å². The Morgan fingerprint density at radius 2 is 1.73 bits per heavy atom. The zero-order chi connectivity index (χ0) is 19.5. The van der Waals surface area contributed by atoms with Crippen LogP contribution in [0.3, 0.4) is 0 Å². The van der Waals surface area contributed by atoms with Crippen LogP contribution in [-0.4, -0.2) is 27.1 Å². The first kappa shape index (κ1) is 19.8. The van der Waals surface area contributed by atoms with E-state index >= 15 is 0 Å². The van der Waals surface area contributed by atoms with Gasteiger partial charge in [-0.05, 0) is 49.4 Å². The molecule has 140 valence electrons. The number of hydrogen-bond acceptors (Lipinski definition) is 3. The van der Waals surface area contributed by atoms with Crippen molar-refractivity contribution in [3.05, 3.63) is 59.7 Å². The fourth-order valence-electron chi connectivity index (χ4n) is 2.15. The highest BCUT2D eigenvalue weighted by molar-refractivity contribution is 7.92. The molecule has 0 aliphatic heterocycles. The molecule has 0 radical (unpaired) electrons. The number of anilines is 2. The number of carbonyl (C=O) groups is 1. The zero-order valence-corrected chi connectivity index (χ0v) is 14.9. The lowest BCUT2D eigenvalue weighted by Gasteiger charge is -2.18. The molecule has 0 saturated carbocycles. The van der Waals surface area contributed by atoms with Crippen LogP contribution in [0.15, 0.2) is 48.5 Å². The predicted octanol–water partition coefficient (Wildman–Crippen LogP) is 3.74. The van der Waals surface area contributed by atoms with Crippen LogP contribution in [0.2, 0.25) is 0 Å². The number of benzene rings is 2. The van der Waals surface area contributed by atoms with Crippen LogP contribution in [0.25, 0.3) is 0 Å². The fraction of sp³-hybridized carbons (Fsp3) is 0.235. The Hall–Kier alpha value is -2.55. The third-order valence-corrected chi connectivity index (χ3v) is 5.50. The van der Waals surface area contributed by atoms with Crippen molar-refractivity contribution in [2.24, 2.45) is 0 Å². The summed E-state index contributed by atoms with van der Waals surface area (Å²) in [6, 6.07) is 10.0. The van der Waals surface area contributed by atoms with Gasteiger partial charge in [-0.1, -0.05) is 6.07 Å². The SMILES string of the molecule is CCS(=O)(=O)N(C)c1ccc(C(=O)Nc2cccc(C(F)(F)F)c2)cc1. The van der Waals surface area contributed by atoms with Crippen molar-refractivity contribution in [3.8, 4) is 0 Å². The minimum atomic E-state index is -4.50. The summed E-state index contributed by atoms with van der Waals surface area (Å²) in [6.45, 7) is 1.52. The molecule has 0 unspecified atom stereocenters. The van der Waals surface area contributed by atoms with Crippen molar-refractivity contribution in [2.45, 2.75) is 13.1 Å². The number of rotatable bonds is 5. The van der Waals surface area contributed by atoms with Crippen LogP contribution < -0.4 is 9.62 Å². The van der Waals surface area contributed by atoms with Crippen molar-refractivity contribution in [3.63, 3.8) is 0 Å². The van der Waals surface area contributed by atoms with Crippen molar-refractivity contribution in [2.75, 3.05) is 22.4 Å². The highest BCUT2D eigenvalue weighted by atomic mass is 32.2. The highest BCUT2D eigenvalue weighted by Crippen LogP contribution is 2.30. The number of amides is 1. The Morgan fingerprint density at radius 1 is 1.12 bits per heavy atom. The van der Waals surface area contributed by atoms with Gasteiger partial charge in [0.2, 0.25) is 10.0 Å². The summed E-state index contributed by atoms with van der Waals surface area (Å²) in [7, 11) is -2.03. The third-order valence-electron chi connectivity index (χ3n) is 3.72. The zero-order valence-electron chi connectivity index (χ0n) is 14.0. The van der Waals surface area contributed by atoms with E-state index in [9.17, 15) is 26.4 Å². The first-order valence-electron chi connectivity index (χ1n) is 7.60. The van der Waals surface area contributed by atoms with E-state index in [2.05, 4.69) is 5.32 Å². The number of halogens is 3. The predicted molar refractivity (Wildman–Crippen MR) is 93.7 cm³/mol. The molecule has 0 saturated heterocycles. The van der Waals surface area contributed by atoms with Crippen molar-refractivity contribution in [1.29, 1.82) is 0 Å². The number of nitrogens with zero attached hydrogens (tertiary/aromatic N) is 1. The molecule has 0 heterocycles. The van der Waals surface area contributed by atoms with Crippen LogP contribution >= 0.6 is 0 Å². The lowest BCUT2D eigenvalue weighted by molar-refractivity contribution is -0.137. The van der Waals surface area contributed by atoms with Gasteiger partial charge in [-0.3, -0.25) is 9.10 Å². The molecule has 9 heteroatoms. The van der Waals surface area contributed by atoms with E-state index < -0.39 is 27.7 Å². The molecule has 2 aromatic carbocycles. The number of hydrogen-bond donors (Lipinski definition) is 1. The Balaban J connectivity index is 2.16. The Kier molecular flexibility index (Phi) is 5.60. The van der Waals surface area contributed by atoms with E-state index in [-0.39, 0.29) is 17.0 Å².